The molecule has 1 aromatic heterocycles. The summed E-state index contributed by atoms with van der Waals surface area (Å²) in [5.74, 6) is -0.460. The highest BCUT2D eigenvalue weighted by Gasteiger charge is 2.21. The number of allylic oxidation sites excluding steroid dienone is 2. The quantitative estimate of drug-likeness (QED) is 0.770. The van der Waals surface area contributed by atoms with Crippen LogP contribution in [0.4, 0.5) is 0 Å². The second-order valence-corrected chi connectivity index (χ2v) is 5.51. The molecule has 24 heavy (non-hydrogen) atoms. The number of ether oxygens (including phenoxy) is 1. The summed E-state index contributed by atoms with van der Waals surface area (Å²) in [5, 5.41) is 20.0. The molecule has 0 unspecified atom stereocenters. The third-order valence-corrected chi connectivity index (χ3v) is 3.51. The number of hydrogen-bond acceptors (Lipinski definition) is 4. The van der Waals surface area contributed by atoms with Crippen LogP contribution < -0.4 is 4.74 Å². The van der Waals surface area contributed by atoms with E-state index in [2.05, 4.69) is 0 Å². The number of carbonyl (C=O) groups is 1. The van der Waals surface area contributed by atoms with E-state index < -0.39 is 5.97 Å². The molecule has 0 fully saturated rings. The van der Waals surface area contributed by atoms with Gasteiger partial charge in [-0.3, -0.25) is 0 Å². The van der Waals surface area contributed by atoms with Gasteiger partial charge in [-0.15, -0.1) is 0 Å². The van der Waals surface area contributed by atoms with Crippen LogP contribution in [0.2, 0.25) is 0 Å². The molecule has 0 saturated heterocycles. The number of furan rings is 1. The zero-order valence-corrected chi connectivity index (χ0v) is 13.9. The SMILES string of the molecule is COc1cc(/C=C\c2ccco2)c(C(=O)O)c(O)c1CC=C(C)C. The van der Waals surface area contributed by atoms with Crippen LogP contribution in [0.5, 0.6) is 11.5 Å². The summed E-state index contributed by atoms with van der Waals surface area (Å²) in [6.45, 7) is 3.87. The first-order valence-electron chi connectivity index (χ1n) is 7.45. The second kappa shape index (κ2) is 7.55. The highest BCUT2D eigenvalue weighted by atomic mass is 16.5. The highest BCUT2D eigenvalue weighted by molar-refractivity contribution is 5.97. The van der Waals surface area contributed by atoms with Gasteiger partial charge in [-0.05, 0) is 50.1 Å². The average Bonchev–Trinajstić information content (AvgIpc) is 3.03. The number of carboxylic acids is 1. The van der Waals surface area contributed by atoms with Crippen molar-refractivity contribution in [2.75, 3.05) is 7.11 Å². The molecule has 1 heterocycles. The summed E-state index contributed by atoms with van der Waals surface area (Å²) >= 11 is 0. The van der Waals surface area contributed by atoms with Crippen molar-refractivity contribution >= 4 is 18.1 Å². The van der Waals surface area contributed by atoms with Crippen molar-refractivity contribution in [3.05, 3.63) is 58.6 Å². The third-order valence-electron chi connectivity index (χ3n) is 3.51. The van der Waals surface area contributed by atoms with Crippen LogP contribution in [-0.4, -0.2) is 23.3 Å². The topological polar surface area (TPSA) is 79.9 Å². The minimum atomic E-state index is -1.20. The summed E-state index contributed by atoms with van der Waals surface area (Å²) in [6.07, 6.45) is 7.03. The van der Waals surface area contributed by atoms with Crippen molar-refractivity contribution in [2.24, 2.45) is 0 Å². The van der Waals surface area contributed by atoms with Crippen LogP contribution in [-0.2, 0) is 6.42 Å². The fraction of sp³-hybridized carbons (Fsp3) is 0.211. The van der Waals surface area contributed by atoms with Gasteiger partial charge in [-0.2, -0.15) is 0 Å². The Balaban J connectivity index is 2.56. The Morgan fingerprint density at radius 2 is 2.08 bits per heavy atom. The summed E-state index contributed by atoms with van der Waals surface area (Å²) in [4.78, 5) is 11.6. The maximum atomic E-state index is 11.6. The average molecular weight is 328 g/mol. The van der Waals surface area contributed by atoms with Gasteiger partial charge in [0.1, 0.15) is 22.8 Å². The second-order valence-electron chi connectivity index (χ2n) is 5.51. The maximum absolute atomic E-state index is 11.6. The maximum Gasteiger partial charge on any atom is 0.340 e. The van der Waals surface area contributed by atoms with Gasteiger partial charge in [-0.25, -0.2) is 4.79 Å². The molecule has 1 aromatic carbocycles. The molecule has 5 nitrogen and oxygen atoms in total. The van der Waals surface area contributed by atoms with Crippen molar-refractivity contribution in [3.63, 3.8) is 0 Å². The van der Waals surface area contributed by atoms with E-state index in [1.165, 1.54) is 13.4 Å². The molecule has 0 radical (unpaired) electrons. The summed E-state index contributed by atoms with van der Waals surface area (Å²) in [7, 11) is 1.49. The molecule has 5 heteroatoms. The molecule has 0 amide bonds. The lowest BCUT2D eigenvalue weighted by molar-refractivity contribution is 0.0693. The number of carboxylic acid groups (broad SMARTS) is 1. The molecule has 0 saturated carbocycles. The lowest BCUT2D eigenvalue weighted by atomic mass is 9.97. The fourth-order valence-corrected chi connectivity index (χ4v) is 2.30. The van der Waals surface area contributed by atoms with Gasteiger partial charge in [0, 0.05) is 5.56 Å². The number of methoxy groups -OCH3 is 1. The molecule has 2 rings (SSSR count). The van der Waals surface area contributed by atoms with Gasteiger partial charge in [0.25, 0.3) is 0 Å². The zero-order valence-electron chi connectivity index (χ0n) is 13.9. The molecular weight excluding hydrogens is 308 g/mol. The number of aromatic hydroxyl groups is 1. The van der Waals surface area contributed by atoms with Crippen molar-refractivity contribution < 1.29 is 24.2 Å². The van der Waals surface area contributed by atoms with E-state index in [0.717, 1.165) is 5.57 Å². The largest absolute Gasteiger partial charge is 0.507 e. The Hall–Kier alpha value is -2.95. The Morgan fingerprint density at radius 1 is 1.33 bits per heavy atom. The van der Waals surface area contributed by atoms with Crippen LogP contribution >= 0.6 is 0 Å². The highest BCUT2D eigenvalue weighted by Crippen LogP contribution is 2.36. The molecule has 0 aliphatic carbocycles. The van der Waals surface area contributed by atoms with Crippen molar-refractivity contribution in [2.45, 2.75) is 20.3 Å². The first-order chi connectivity index (χ1) is 11.4. The van der Waals surface area contributed by atoms with Crippen molar-refractivity contribution in [1.29, 1.82) is 0 Å². The summed E-state index contributed by atoms with van der Waals surface area (Å²) in [5.41, 5.74) is 1.70. The molecule has 2 aromatic rings. The fourth-order valence-electron chi connectivity index (χ4n) is 2.30. The first kappa shape index (κ1) is 17.4. The monoisotopic (exact) mass is 328 g/mol. The molecule has 2 N–H and O–H groups in total. The van der Waals surface area contributed by atoms with Gasteiger partial charge in [-0.1, -0.05) is 17.7 Å². The lowest BCUT2D eigenvalue weighted by Crippen LogP contribution is -2.04. The van der Waals surface area contributed by atoms with E-state index in [1.807, 2.05) is 19.9 Å². The molecule has 0 aliphatic rings. The van der Waals surface area contributed by atoms with E-state index in [4.69, 9.17) is 9.15 Å². The number of aromatic carboxylic acids is 1. The normalized spacial score (nSPS) is 10.8. The van der Waals surface area contributed by atoms with Crippen LogP contribution in [0.3, 0.4) is 0 Å². The Morgan fingerprint density at radius 3 is 2.62 bits per heavy atom. The van der Waals surface area contributed by atoms with Gasteiger partial charge >= 0.3 is 5.97 Å². The summed E-state index contributed by atoms with van der Waals surface area (Å²) < 4.78 is 10.5. The standard InChI is InChI=1S/C19H20O5/c1-12(2)6-9-15-16(23-3)11-13(17(18(15)20)19(21)22)7-8-14-5-4-10-24-14/h4-8,10-11,20H,9H2,1-3H3,(H,21,22)/b8-7-. The molecule has 0 atom stereocenters. The number of hydrogen-bond donors (Lipinski definition) is 2. The van der Waals surface area contributed by atoms with E-state index in [-0.39, 0.29) is 11.3 Å². The van der Waals surface area contributed by atoms with E-state index >= 15 is 0 Å². The molecular formula is C19H20O5. The van der Waals surface area contributed by atoms with Crippen LogP contribution in [0.1, 0.15) is 41.1 Å². The van der Waals surface area contributed by atoms with Crippen molar-refractivity contribution in [1.82, 2.24) is 0 Å². The third kappa shape index (κ3) is 3.87. The van der Waals surface area contributed by atoms with Crippen LogP contribution in [0, 0.1) is 0 Å². The van der Waals surface area contributed by atoms with E-state index in [0.29, 0.717) is 29.1 Å². The molecule has 0 aliphatic heterocycles. The minimum absolute atomic E-state index is 0.157. The van der Waals surface area contributed by atoms with Gasteiger partial charge < -0.3 is 19.4 Å². The van der Waals surface area contributed by atoms with Gasteiger partial charge in [0.15, 0.2) is 0 Å². The predicted molar refractivity (Wildman–Crippen MR) is 92.4 cm³/mol. The number of phenols is 1. The van der Waals surface area contributed by atoms with Gasteiger partial charge in [0.05, 0.1) is 13.4 Å². The number of benzene rings is 1. The van der Waals surface area contributed by atoms with Crippen molar-refractivity contribution in [3.8, 4) is 11.5 Å². The van der Waals surface area contributed by atoms with Crippen LogP contribution in [0.25, 0.3) is 12.2 Å². The predicted octanol–water partition coefficient (Wildman–Crippen LogP) is 4.37. The lowest BCUT2D eigenvalue weighted by Gasteiger charge is -2.14. The van der Waals surface area contributed by atoms with Crippen LogP contribution in [0.15, 0.2) is 40.5 Å². The smallest absolute Gasteiger partial charge is 0.340 e. The van der Waals surface area contributed by atoms with E-state index in [1.54, 1.807) is 30.4 Å². The van der Waals surface area contributed by atoms with Gasteiger partial charge in [0.2, 0.25) is 0 Å². The Labute approximate surface area is 140 Å². The molecule has 0 bridgehead atoms. The summed E-state index contributed by atoms with van der Waals surface area (Å²) in [6, 6.07) is 5.09. The molecule has 0 spiro atoms. The minimum Gasteiger partial charge on any atom is -0.507 e. The Kier molecular flexibility index (Phi) is 5.47. The zero-order chi connectivity index (χ0) is 17.7. The first-order valence-corrected chi connectivity index (χ1v) is 7.45. The number of rotatable bonds is 6. The molecule has 126 valence electrons. The van der Waals surface area contributed by atoms with E-state index in [9.17, 15) is 15.0 Å². The Bertz CT molecular complexity index is 779.